The maximum Gasteiger partial charge on any atom is 0.328 e. The number of aliphatic carboxylic acids is 1. The number of nitrogens with two attached hydrogens (primary N) is 1. The predicted octanol–water partition coefficient (Wildman–Crippen LogP) is 2.29. The topological polar surface area (TPSA) is 93.7 Å². The Kier molecular flexibility index (Phi) is 5.93. The molecule has 2 aliphatic heterocycles. The van der Waals surface area contributed by atoms with E-state index in [2.05, 4.69) is 21.9 Å². The van der Waals surface area contributed by atoms with Crippen LogP contribution in [-0.4, -0.2) is 54.5 Å². The first-order chi connectivity index (χ1) is 12.5. The van der Waals surface area contributed by atoms with Crippen LogP contribution in [-0.2, 0) is 4.79 Å². The number of nitrogen functional groups attached to an aromatic ring is 1. The lowest BCUT2D eigenvalue weighted by molar-refractivity contribution is -0.131. The molecule has 6 nitrogen and oxygen atoms in total. The van der Waals surface area contributed by atoms with Gasteiger partial charge in [-0.1, -0.05) is 5.57 Å². The number of likely N-dealkylation sites (tertiary alicyclic amines) is 1. The Balaban J connectivity index is 1.44. The average Bonchev–Trinajstić information content (AvgIpc) is 2.64. The molecule has 26 heavy (non-hydrogen) atoms. The molecule has 0 bridgehead atoms. The number of carboxylic acid groups (broad SMARTS) is 1. The molecule has 0 radical (unpaired) electrons. The van der Waals surface area contributed by atoms with Crippen LogP contribution in [0, 0.1) is 11.3 Å². The van der Waals surface area contributed by atoms with Crippen molar-refractivity contribution in [2.75, 3.05) is 37.6 Å². The maximum atomic E-state index is 10.8. The number of piperidine rings is 2. The van der Waals surface area contributed by atoms with E-state index < -0.39 is 5.97 Å². The van der Waals surface area contributed by atoms with Gasteiger partial charge in [0.1, 0.15) is 5.84 Å². The van der Waals surface area contributed by atoms with Crippen LogP contribution in [0.15, 0.2) is 35.9 Å². The Hall–Kier alpha value is -2.34. The van der Waals surface area contributed by atoms with Crippen molar-refractivity contribution in [3.05, 3.63) is 41.5 Å². The van der Waals surface area contributed by atoms with Crippen LogP contribution < -0.4 is 10.6 Å². The maximum absolute atomic E-state index is 10.8. The fraction of sp³-hybridized carbons (Fsp3) is 0.500. The summed E-state index contributed by atoms with van der Waals surface area (Å²) in [5, 5.41) is 16.3. The van der Waals surface area contributed by atoms with E-state index >= 15 is 0 Å². The summed E-state index contributed by atoms with van der Waals surface area (Å²) in [7, 11) is 0. The normalized spacial score (nSPS) is 19.4. The van der Waals surface area contributed by atoms with Crippen LogP contribution >= 0.6 is 0 Å². The van der Waals surface area contributed by atoms with Crippen molar-refractivity contribution in [3.63, 3.8) is 0 Å². The highest BCUT2D eigenvalue weighted by Crippen LogP contribution is 2.25. The molecular weight excluding hydrogens is 328 g/mol. The van der Waals surface area contributed by atoms with Crippen molar-refractivity contribution < 1.29 is 9.90 Å². The summed E-state index contributed by atoms with van der Waals surface area (Å²) in [5.74, 6) is 0.00282. The summed E-state index contributed by atoms with van der Waals surface area (Å²) in [4.78, 5) is 15.6. The van der Waals surface area contributed by atoms with E-state index in [1.165, 1.54) is 24.6 Å². The molecule has 2 aliphatic rings. The molecule has 4 N–H and O–H groups in total. The molecule has 2 saturated heterocycles. The van der Waals surface area contributed by atoms with Crippen molar-refractivity contribution in [2.45, 2.75) is 25.7 Å². The lowest BCUT2D eigenvalue weighted by atomic mass is 9.94. The SMILES string of the molecule is N=C(N)c1ccc(N2CCC(CN3CCC(=CC(=O)O)CC3)CC2)cc1. The lowest BCUT2D eigenvalue weighted by Crippen LogP contribution is -2.40. The highest BCUT2D eigenvalue weighted by Gasteiger charge is 2.23. The van der Waals surface area contributed by atoms with Crippen molar-refractivity contribution in [3.8, 4) is 0 Å². The molecule has 1 aromatic rings. The first-order valence-electron chi connectivity index (χ1n) is 9.35. The van der Waals surface area contributed by atoms with E-state index in [-0.39, 0.29) is 5.84 Å². The molecule has 0 amide bonds. The predicted molar refractivity (Wildman–Crippen MR) is 104 cm³/mol. The Bertz CT molecular complexity index is 666. The van der Waals surface area contributed by atoms with Gasteiger partial charge in [0.2, 0.25) is 0 Å². The van der Waals surface area contributed by atoms with E-state index in [0.717, 1.165) is 56.7 Å². The molecule has 3 rings (SSSR count). The molecule has 0 atom stereocenters. The molecule has 0 aromatic heterocycles. The highest BCUT2D eigenvalue weighted by atomic mass is 16.4. The first-order valence-corrected chi connectivity index (χ1v) is 9.35. The Labute approximate surface area is 154 Å². The summed E-state index contributed by atoms with van der Waals surface area (Å²) >= 11 is 0. The Morgan fingerprint density at radius 2 is 1.77 bits per heavy atom. The molecule has 0 spiro atoms. The third-order valence-corrected chi connectivity index (χ3v) is 5.50. The number of carbonyl (C=O) groups is 1. The molecule has 0 aliphatic carbocycles. The first kappa shape index (κ1) is 18.5. The van der Waals surface area contributed by atoms with Gasteiger partial charge in [0.25, 0.3) is 0 Å². The van der Waals surface area contributed by atoms with E-state index in [1.54, 1.807) is 0 Å². The largest absolute Gasteiger partial charge is 0.478 e. The number of amidine groups is 1. The van der Waals surface area contributed by atoms with Gasteiger partial charge in [0.05, 0.1) is 0 Å². The van der Waals surface area contributed by atoms with Crippen molar-refractivity contribution in [2.24, 2.45) is 11.7 Å². The number of anilines is 1. The molecule has 2 fully saturated rings. The summed E-state index contributed by atoms with van der Waals surface area (Å²) in [6.07, 6.45) is 5.51. The third kappa shape index (κ3) is 4.85. The zero-order valence-electron chi connectivity index (χ0n) is 15.2. The van der Waals surface area contributed by atoms with Gasteiger partial charge in [0.15, 0.2) is 0 Å². The number of nitrogens with zero attached hydrogens (tertiary/aromatic N) is 2. The summed E-state index contributed by atoms with van der Waals surface area (Å²) < 4.78 is 0. The number of hydrogen-bond acceptors (Lipinski definition) is 4. The van der Waals surface area contributed by atoms with Crippen molar-refractivity contribution in [1.29, 1.82) is 5.41 Å². The highest BCUT2D eigenvalue weighted by molar-refractivity contribution is 5.95. The standard InChI is InChI=1S/C20H28N4O2/c21-20(22)17-1-3-18(4-2-17)24-11-7-16(8-12-24)14-23-9-5-15(6-10-23)13-19(25)26/h1-4,13,16H,5-12,14H2,(H3,21,22)(H,25,26). The van der Waals surface area contributed by atoms with E-state index in [0.29, 0.717) is 5.92 Å². The quantitative estimate of drug-likeness (QED) is 0.428. The van der Waals surface area contributed by atoms with Gasteiger partial charge in [0, 0.05) is 50.1 Å². The fourth-order valence-electron chi connectivity index (χ4n) is 3.93. The number of carboxylic acids is 1. The zero-order chi connectivity index (χ0) is 18.5. The van der Waals surface area contributed by atoms with Gasteiger partial charge < -0.3 is 20.6 Å². The molecule has 2 heterocycles. The number of hydrogen-bond donors (Lipinski definition) is 3. The van der Waals surface area contributed by atoms with Gasteiger partial charge in [-0.15, -0.1) is 0 Å². The molecule has 6 heteroatoms. The number of benzene rings is 1. The van der Waals surface area contributed by atoms with Crippen LogP contribution in [0.1, 0.15) is 31.2 Å². The van der Waals surface area contributed by atoms with Crippen LogP contribution in [0.3, 0.4) is 0 Å². The van der Waals surface area contributed by atoms with Crippen molar-refractivity contribution in [1.82, 2.24) is 4.90 Å². The van der Waals surface area contributed by atoms with Crippen molar-refractivity contribution >= 4 is 17.5 Å². The Morgan fingerprint density at radius 3 is 2.31 bits per heavy atom. The second-order valence-electron chi connectivity index (χ2n) is 7.33. The van der Waals surface area contributed by atoms with E-state index in [9.17, 15) is 4.79 Å². The molecule has 0 saturated carbocycles. The molecule has 140 valence electrons. The molecule has 1 aromatic carbocycles. The van der Waals surface area contributed by atoms with Gasteiger partial charge >= 0.3 is 5.97 Å². The molecular formula is C20H28N4O2. The third-order valence-electron chi connectivity index (χ3n) is 5.50. The van der Waals surface area contributed by atoms with Crippen LogP contribution in [0.5, 0.6) is 0 Å². The number of nitrogens with one attached hydrogen (secondary N) is 1. The van der Waals surface area contributed by atoms with E-state index in [1.807, 2.05) is 12.1 Å². The monoisotopic (exact) mass is 356 g/mol. The second-order valence-corrected chi connectivity index (χ2v) is 7.33. The van der Waals surface area contributed by atoms with Gasteiger partial charge in [-0.3, -0.25) is 5.41 Å². The molecule has 0 unspecified atom stereocenters. The van der Waals surface area contributed by atoms with Gasteiger partial charge in [-0.2, -0.15) is 0 Å². The minimum Gasteiger partial charge on any atom is -0.478 e. The van der Waals surface area contributed by atoms with E-state index in [4.69, 9.17) is 16.2 Å². The Morgan fingerprint density at radius 1 is 1.15 bits per heavy atom. The summed E-state index contributed by atoms with van der Waals surface area (Å²) in [6.45, 7) is 5.19. The van der Waals surface area contributed by atoms with Gasteiger partial charge in [-0.05, 0) is 55.9 Å². The minimum absolute atomic E-state index is 0.109. The number of rotatable bonds is 5. The van der Waals surface area contributed by atoms with Crippen LogP contribution in [0.25, 0.3) is 0 Å². The minimum atomic E-state index is -0.822. The average molecular weight is 356 g/mol. The lowest BCUT2D eigenvalue weighted by Gasteiger charge is -2.37. The van der Waals surface area contributed by atoms with Crippen LogP contribution in [0.4, 0.5) is 5.69 Å². The summed E-state index contributed by atoms with van der Waals surface area (Å²) in [5.41, 5.74) is 8.55. The summed E-state index contributed by atoms with van der Waals surface area (Å²) in [6, 6.07) is 7.94. The second kappa shape index (κ2) is 8.36. The fourth-order valence-corrected chi connectivity index (χ4v) is 3.93. The van der Waals surface area contributed by atoms with Gasteiger partial charge in [-0.25, -0.2) is 4.79 Å². The smallest absolute Gasteiger partial charge is 0.328 e. The zero-order valence-corrected chi connectivity index (χ0v) is 15.2. The van der Waals surface area contributed by atoms with Crippen LogP contribution in [0.2, 0.25) is 0 Å².